The topological polar surface area (TPSA) is 115 Å². The highest BCUT2D eigenvalue weighted by atomic mass is 32.2. The predicted molar refractivity (Wildman–Crippen MR) is 121 cm³/mol. The zero-order valence-corrected chi connectivity index (χ0v) is 18.3. The van der Waals surface area contributed by atoms with Gasteiger partial charge in [-0.1, -0.05) is 6.07 Å². The molecule has 0 aliphatic carbocycles. The molecule has 0 saturated heterocycles. The molecular weight excluding hydrogens is 430 g/mol. The molecule has 1 aromatic carbocycles. The van der Waals surface area contributed by atoms with Gasteiger partial charge in [0, 0.05) is 18.1 Å². The number of sulfonamides is 1. The van der Waals surface area contributed by atoms with Gasteiger partial charge in [0.15, 0.2) is 11.4 Å². The van der Waals surface area contributed by atoms with Gasteiger partial charge in [-0.15, -0.1) is 0 Å². The summed E-state index contributed by atoms with van der Waals surface area (Å²) in [6, 6.07) is 14.4. The Bertz CT molecular complexity index is 1370. The first-order chi connectivity index (χ1) is 15.4. The second-order valence-electron chi connectivity index (χ2n) is 6.84. The number of anilines is 2. The van der Waals surface area contributed by atoms with Crippen LogP contribution >= 0.6 is 0 Å². The molecule has 0 aliphatic rings. The normalized spacial score (nSPS) is 11.3. The molecule has 10 heteroatoms. The standard InChI is InChI=1S/C22H21N5O4S/c1-3-31-18-7-6-14-27-20(15(2)24-21(18)27)22(28)25-16-9-11-17(12-10-16)32(29,30)26-19-8-4-5-13-23-19/h4-14H,3H2,1-2H3,(H,23,26)(H,25,28). The van der Waals surface area contributed by atoms with Crippen LogP contribution in [0.1, 0.15) is 23.1 Å². The van der Waals surface area contributed by atoms with Crippen molar-refractivity contribution in [3.63, 3.8) is 0 Å². The number of aromatic nitrogens is 3. The van der Waals surface area contributed by atoms with E-state index >= 15 is 0 Å². The highest BCUT2D eigenvalue weighted by Gasteiger charge is 2.20. The number of hydrogen-bond donors (Lipinski definition) is 2. The van der Waals surface area contributed by atoms with E-state index in [9.17, 15) is 13.2 Å². The zero-order valence-electron chi connectivity index (χ0n) is 17.4. The number of amides is 1. The number of nitrogens with zero attached hydrogens (tertiary/aromatic N) is 3. The molecule has 9 nitrogen and oxygen atoms in total. The van der Waals surface area contributed by atoms with E-state index in [0.717, 1.165) is 0 Å². The Morgan fingerprint density at radius 1 is 1.09 bits per heavy atom. The van der Waals surface area contributed by atoms with E-state index in [1.165, 1.54) is 30.5 Å². The largest absolute Gasteiger partial charge is 0.490 e. The number of benzene rings is 1. The number of nitrogens with one attached hydrogen (secondary N) is 2. The van der Waals surface area contributed by atoms with Crippen LogP contribution < -0.4 is 14.8 Å². The maximum atomic E-state index is 13.0. The summed E-state index contributed by atoms with van der Waals surface area (Å²) in [7, 11) is -3.80. The molecule has 4 rings (SSSR count). The first kappa shape index (κ1) is 21.3. The minimum Gasteiger partial charge on any atom is -0.490 e. The first-order valence-electron chi connectivity index (χ1n) is 9.85. The van der Waals surface area contributed by atoms with E-state index in [2.05, 4.69) is 20.0 Å². The third-order valence-corrected chi connectivity index (χ3v) is 6.00. The average molecular weight is 452 g/mol. The summed E-state index contributed by atoms with van der Waals surface area (Å²) in [4.78, 5) is 21.4. The molecule has 2 N–H and O–H groups in total. The summed E-state index contributed by atoms with van der Waals surface area (Å²) < 4.78 is 34.7. The number of ether oxygens (including phenoxy) is 1. The molecule has 3 aromatic heterocycles. The minimum atomic E-state index is -3.80. The van der Waals surface area contributed by atoms with Crippen LogP contribution in [0, 0.1) is 6.92 Å². The summed E-state index contributed by atoms with van der Waals surface area (Å²) >= 11 is 0. The lowest BCUT2D eigenvalue weighted by atomic mass is 10.3. The third-order valence-electron chi connectivity index (χ3n) is 4.63. The predicted octanol–water partition coefficient (Wildman–Crippen LogP) is 3.49. The number of pyridine rings is 2. The van der Waals surface area contributed by atoms with Gasteiger partial charge in [-0.3, -0.25) is 13.9 Å². The Morgan fingerprint density at radius 3 is 2.56 bits per heavy atom. The molecular formula is C22H21N5O4S. The van der Waals surface area contributed by atoms with Crippen molar-refractivity contribution in [3.8, 4) is 5.75 Å². The third kappa shape index (κ3) is 4.26. The molecule has 0 unspecified atom stereocenters. The van der Waals surface area contributed by atoms with Crippen LogP contribution in [0.15, 0.2) is 71.9 Å². The van der Waals surface area contributed by atoms with Crippen LogP contribution in [0.3, 0.4) is 0 Å². The van der Waals surface area contributed by atoms with E-state index in [0.29, 0.717) is 35.1 Å². The quantitative estimate of drug-likeness (QED) is 0.445. The van der Waals surface area contributed by atoms with Gasteiger partial charge in [-0.05, 0) is 62.4 Å². The lowest BCUT2D eigenvalue weighted by Gasteiger charge is -2.09. The molecule has 1 amide bonds. The van der Waals surface area contributed by atoms with Crippen molar-refractivity contribution in [1.82, 2.24) is 14.4 Å². The maximum absolute atomic E-state index is 13.0. The second-order valence-corrected chi connectivity index (χ2v) is 8.53. The van der Waals surface area contributed by atoms with Crippen molar-refractivity contribution >= 4 is 33.1 Å². The van der Waals surface area contributed by atoms with Crippen molar-refractivity contribution in [2.45, 2.75) is 18.7 Å². The van der Waals surface area contributed by atoms with E-state index in [1.807, 2.05) is 6.92 Å². The lowest BCUT2D eigenvalue weighted by molar-refractivity contribution is 0.102. The molecule has 0 bridgehead atoms. The first-order valence-corrected chi connectivity index (χ1v) is 11.3. The molecule has 0 fully saturated rings. The van der Waals surface area contributed by atoms with Crippen LogP contribution in [-0.2, 0) is 10.0 Å². The Hall–Kier alpha value is -3.92. The molecule has 0 radical (unpaired) electrons. The molecule has 0 aliphatic heterocycles. The van der Waals surface area contributed by atoms with Crippen LogP contribution in [0.4, 0.5) is 11.5 Å². The molecule has 0 spiro atoms. The highest BCUT2D eigenvalue weighted by molar-refractivity contribution is 7.92. The van der Waals surface area contributed by atoms with Crippen molar-refractivity contribution in [1.29, 1.82) is 0 Å². The van der Waals surface area contributed by atoms with Crippen molar-refractivity contribution in [2.24, 2.45) is 0 Å². The summed E-state index contributed by atoms with van der Waals surface area (Å²) in [5.74, 6) is 0.442. The van der Waals surface area contributed by atoms with E-state index in [-0.39, 0.29) is 16.6 Å². The fourth-order valence-corrected chi connectivity index (χ4v) is 4.23. The van der Waals surface area contributed by atoms with Gasteiger partial charge in [0.2, 0.25) is 0 Å². The molecule has 0 atom stereocenters. The minimum absolute atomic E-state index is 0.0495. The monoisotopic (exact) mass is 451 g/mol. The summed E-state index contributed by atoms with van der Waals surface area (Å²) in [6.45, 7) is 4.11. The van der Waals surface area contributed by atoms with Gasteiger partial charge in [-0.2, -0.15) is 0 Å². The summed E-state index contributed by atoms with van der Waals surface area (Å²) in [6.07, 6.45) is 3.24. The van der Waals surface area contributed by atoms with Gasteiger partial charge in [0.05, 0.1) is 17.2 Å². The van der Waals surface area contributed by atoms with Crippen LogP contribution in [0.2, 0.25) is 0 Å². The number of carbonyl (C=O) groups is 1. The maximum Gasteiger partial charge on any atom is 0.274 e. The Balaban J connectivity index is 1.55. The highest BCUT2D eigenvalue weighted by Crippen LogP contribution is 2.23. The van der Waals surface area contributed by atoms with Crippen LogP contribution in [0.25, 0.3) is 5.65 Å². The van der Waals surface area contributed by atoms with E-state index in [1.54, 1.807) is 47.9 Å². The number of fused-ring (bicyclic) bond motifs is 1. The van der Waals surface area contributed by atoms with Gasteiger partial charge in [0.25, 0.3) is 15.9 Å². The van der Waals surface area contributed by atoms with Gasteiger partial charge in [-0.25, -0.2) is 18.4 Å². The Labute approximate surface area is 185 Å². The molecule has 32 heavy (non-hydrogen) atoms. The summed E-state index contributed by atoms with van der Waals surface area (Å²) in [5, 5.41) is 2.79. The van der Waals surface area contributed by atoms with Crippen molar-refractivity contribution in [3.05, 3.63) is 78.4 Å². The fourth-order valence-electron chi connectivity index (χ4n) is 3.23. The average Bonchev–Trinajstić information content (AvgIpc) is 3.11. The smallest absolute Gasteiger partial charge is 0.274 e. The molecule has 164 valence electrons. The summed E-state index contributed by atoms with van der Waals surface area (Å²) in [5.41, 5.74) is 1.92. The van der Waals surface area contributed by atoms with Crippen LogP contribution in [0.5, 0.6) is 5.75 Å². The number of rotatable bonds is 7. The Kier molecular flexibility index (Phi) is 5.78. The fraction of sp³-hybridized carbons (Fsp3) is 0.136. The van der Waals surface area contributed by atoms with Gasteiger partial charge >= 0.3 is 0 Å². The molecule has 3 heterocycles. The van der Waals surface area contributed by atoms with Gasteiger partial charge in [0.1, 0.15) is 11.5 Å². The van der Waals surface area contributed by atoms with Gasteiger partial charge < -0.3 is 10.1 Å². The van der Waals surface area contributed by atoms with Crippen LogP contribution in [-0.4, -0.2) is 35.3 Å². The second kappa shape index (κ2) is 8.67. The van der Waals surface area contributed by atoms with Crippen molar-refractivity contribution < 1.29 is 17.9 Å². The molecule has 0 saturated carbocycles. The number of carbonyl (C=O) groups excluding carboxylic acids is 1. The van der Waals surface area contributed by atoms with E-state index < -0.39 is 10.0 Å². The zero-order chi connectivity index (χ0) is 22.7. The number of imidazole rings is 1. The molecule has 4 aromatic rings. The SMILES string of the molecule is CCOc1cccn2c(C(=O)Nc3ccc(S(=O)(=O)Nc4ccccn4)cc3)c(C)nc12. The number of aryl methyl sites for hydroxylation is 1. The van der Waals surface area contributed by atoms with E-state index in [4.69, 9.17) is 4.74 Å². The van der Waals surface area contributed by atoms with Crippen molar-refractivity contribution in [2.75, 3.05) is 16.6 Å². The Morgan fingerprint density at radius 2 is 1.88 bits per heavy atom. The lowest BCUT2D eigenvalue weighted by Crippen LogP contribution is -2.16. The number of hydrogen-bond acceptors (Lipinski definition) is 6.